The number of halogens is 7. The second kappa shape index (κ2) is 3.77. The standard InChI is InChI=1S/C6H6FP.6FH.Sb/c7-5-1-3-6(8)4-2-5;;;;;;;/h1-4H,8H2;6*1H;/q;;;;;;;+5/p-5. The normalized spacial score (nSPS) is 15.9. The van der Waals surface area contributed by atoms with Gasteiger partial charge >= 0.3 is 36.4 Å². The molecule has 0 aliphatic rings. The Labute approximate surface area is 85.6 Å². The molecule has 0 bridgehead atoms. The number of hydrogen-bond donors (Lipinski definition) is 0. The molecule has 0 aliphatic carbocycles. The summed E-state index contributed by atoms with van der Waals surface area (Å²) < 4.78 is 71.6. The van der Waals surface area contributed by atoms with E-state index in [1.54, 1.807) is 21.4 Å². The molecule has 0 N–H and O–H groups in total. The van der Waals surface area contributed by atoms with E-state index in [1.807, 2.05) is 0 Å². The third kappa shape index (κ3) is 20.1. The van der Waals surface area contributed by atoms with Crippen molar-refractivity contribution in [3.63, 3.8) is 0 Å². The van der Waals surface area contributed by atoms with Crippen LogP contribution in [0.4, 0.5) is 21.3 Å². The molecule has 15 heavy (non-hydrogen) atoms. The molecule has 1 atom stereocenters. The van der Waals surface area contributed by atoms with Gasteiger partial charge in [0.05, 0.1) is 5.30 Å². The predicted octanol–water partition coefficient (Wildman–Crippen LogP) is 3.20. The van der Waals surface area contributed by atoms with Gasteiger partial charge in [0.25, 0.3) is 0 Å². The van der Waals surface area contributed by atoms with Crippen LogP contribution in [0.1, 0.15) is 0 Å². The van der Waals surface area contributed by atoms with Crippen molar-refractivity contribution in [3.8, 4) is 0 Å². The molecule has 0 spiro atoms. The van der Waals surface area contributed by atoms with Crippen molar-refractivity contribution in [1.82, 2.24) is 0 Å². The van der Waals surface area contributed by atoms with E-state index in [9.17, 15) is 21.3 Å². The second-order valence-corrected chi connectivity index (χ2v) is 8.87. The van der Waals surface area contributed by atoms with E-state index < -0.39 is 19.5 Å². The molecular formula is C6H7F7PSb. The van der Waals surface area contributed by atoms with E-state index in [-0.39, 0.29) is 5.82 Å². The molecule has 0 aromatic heterocycles. The topological polar surface area (TPSA) is 0 Å². The van der Waals surface area contributed by atoms with Gasteiger partial charge in [-0.15, -0.1) is 0 Å². The Morgan fingerprint density at radius 1 is 0.800 bits per heavy atom. The van der Waals surface area contributed by atoms with E-state index in [0.29, 0.717) is 0 Å². The molecule has 90 valence electrons. The number of benzene rings is 1. The Hall–Kier alpha value is -0.0218. The van der Waals surface area contributed by atoms with Crippen LogP contribution in [0.15, 0.2) is 24.3 Å². The van der Waals surface area contributed by atoms with Crippen LogP contribution in [-0.4, -0.2) is 19.5 Å². The average molecular weight is 365 g/mol. The van der Waals surface area contributed by atoms with Crippen LogP contribution in [0.2, 0.25) is 0 Å². The molecule has 0 saturated heterocycles. The summed E-state index contributed by atoms with van der Waals surface area (Å²) in [6.07, 6.45) is 0. The van der Waals surface area contributed by atoms with Crippen LogP contribution < -0.4 is 5.30 Å². The Bertz CT molecular complexity index is 293. The fraction of sp³-hybridized carbons (Fsp3) is 0. The van der Waals surface area contributed by atoms with Gasteiger partial charge < -0.3 is 0 Å². The molecule has 0 aliphatic heterocycles. The zero-order chi connectivity index (χ0) is 12.4. The zero-order valence-electron chi connectivity index (χ0n) is 7.11. The van der Waals surface area contributed by atoms with Crippen LogP contribution in [-0.2, 0) is 0 Å². The third-order valence-corrected chi connectivity index (χ3v) is 1.38. The fourth-order valence-corrected chi connectivity index (χ4v) is 0.720. The average Bonchev–Trinajstić information content (AvgIpc) is 1.88. The van der Waals surface area contributed by atoms with Gasteiger partial charge in [0.1, 0.15) is 5.82 Å². The van der Waals surface area contributed by atoms with Crippen LogP contribution in [0, 0.1) is 5.82 Å². The van der Waals surface area contributed by atoms with Crippen LogP contribution >= 0.6 is 9.24 Å². The van der Waals surface area contributed by atoms with Crippen molar-refractivity contribution in [3.05, 3.63) is 30.1 Å². The first kappa shape index (κ1) is 15.0. The number of rotatable bonds is 0. The Morgan fingerprint density at radius 2 is 1.07 bits per heavy atom. The SMILES string of the molecule is Fc1ccc([PH3+])cc1.[F][Sb-]([F])([F])([F])([F])[F]. The summed E-state index contributed by atoms with van der Waals surface area (Å²) >= 11 is -11.2. The van der Waals surface area contributed by atoms with Crippen molar-refractivity contribution < 1.29 is 21.3 Å². The summed E-state index contributed by atoms with van der Waals surface area (Å²) in [6, 6.07) is 6.44. The van der Waals surface area contributed by atoms with E-state index in [0.717, 1.165) is 5.30 Å². The van der Waals surface area contributed by atoms with Crippen molar-refractivity contribution >= 4 is 34.0 Å². The zero-order valence-corrected chi connectivity index (χ0v) is 11.1. The maximum atomic E-state index is 12.1. The molecule has 0 saturated carbocycles. The van der Waals surface area contributed by atoms with Gasteiger partial charge in [-0.1, -0.05) is 0 Å². The molecule has 1 aromatic rings. The summed E-state index contributed by atoms with van der Waals surface area (Å²) in [5, 5.41) is 1.12. The van der Waals surface area contributed by atoms with Gasteiger partial charge in [0, 0.05) is 9.24 Å². The van der Waals surface area contributed by atoms with Crippen molar-refractivity contribution in [2.24, 2.45) is 0 Å². The van der Waals surface area contributed by atoms with E-state index in [1.165, 1.54) is 12.1 Å². The first-order chi connectivity index (χ1) is 6.24. The van der Waals surface area contributed by atoms with Crippen LogP contribution in [0.25, 0.3) is 0 Å². The van der Waals surface area contributed by atoms with Gasteiger partial charge in [-0.3, -0.25) is 0 Å². The summed E-state index contributed by atoms with van der Waals surface area (Å²) in [4.78, 5) is 0. The van der Waals surface area contributed by atoms with Gasteiger partial charge in [0.2, 0.25) is 0 Å². The van der Waals surface area contributed by atoms with E-state index in [2.05, 4.69) is 0 Å². The summed E-state index contributed by atoms with van der Waals surface area (Å²) in [7, 11) is 1.74. The minimum atomic E-state index is -11.2. The molecular weight excluding hydrogens is 358 g/mol. The Morgan fingerprint density at radius 3 is 1.27 bits per heavy atom. The van der Waals surface area contributed by atoms with Gasteiger partial charge in [-0.25, -0.2) is 4.39 Å². The molecule has 1 unspecified atom stereocenters. The molecule has 0 nitrogen and oxygen atoms in total. The molecule has 0 radical (unpaired) electrons. The first-order valence-electron chi connectivity index (χ1n) is 3.38. The molecule has 9 heteroatoms. The second-order valence-electron chi connectivity index (χ2n) is 2.58. The van der Waals surface area contributed by atoms with Gasteiger partial charge in [0.15, 0.2) is 0 Å². The fourth-order valence-electron chi connectivity index (χ4n) is 0.484. The van der Waals surface area contributed by atoms with E-state index >= 15 is 0 Å². The Kier molecular flexibility index (Phi) is 3.77. The summed E-state index contributed by atoms with van der Waals surface area (Å²) in [6.45, 7) is 0. The monoisotopic (exact) mass is 364 g/mol. The molecule has 0 fully saturated rings. The molecule has 1 rings (SSSR count). The van der Waals surface area contributed by atoms with Crippen LogP contribution in [0.5, 0.6) is 0 Å². The molecule has 1 aromatic carbocycles. The van der Waals surface area contributed by atoms with Gasteiger partial charge in [-0.05, 0) is 24.3 Å². The maximum absolute atomic E-state index is 12.1. The van der Waals surface area contributed by atoms with Crippen molar-refractivity contribution in [2.75, 3.05) is 0 Å². The summed E-state index contributed by atoms with van der Waals surface area (Å²) in [5.74, 6) is -0.166. The third-order valence-electron chi connectivity index (χ3n) is 0.913. The Balaban J connectivity index is 0.000000265. The van der Waals surface area contributed by atoms with Gasteiger partial charge in [-0.2, -0.15) is 0 Å². The number of hydrogen-bond acceptors (Lipinski definition) is 0. The minimum absolute atomic E-state index is 0.166. The quantitative estimate of drug-likeness (QED) is 0.377. The van der Waals surface area contributed by atoms with Crippen molar-refractivity contribution in [1.29, 1.82) is 0 Å². The molecule has 0 heterocycles. The first-order valence-corrected chi connectivity index (χ1v) is 9.87. The van der Waals surface area contributed by atoms with Crippen LogP contribution in [0.3, 0.4) is 0 Å². The predicted molar refractivity (Wildman–Crippen MR) is 49.5 cm³/mol. The van der Waals surface area contributed by atoms with Crippen molar-refractivity contribution in [2.45, 2.75) is 0 Å². The molecule has 0 amide bonds. The van der Waals surface area contributed by atoms with E-state index in [4.69, 9.17) is 0 Å². The summed E-state index contributed by atoms with van der Waals surface area (Å²) in [5.41, 5.74) is 0.